The predicted octanol–water partition coefficient (Wildman–Crippen LogP) is 4.17. The van der Waals surface area contributed by atoms with Gasteiger partial charge in [0.15, 0.2) is 0 Å². The van der Waals surface area contributed by atoms with E-state index < -0.39 is 0 Å². The molecular formula is C16H28N4. The van der Waals surface area contributed by atoms with Gasteiger partial charge in [0.2, 0.25) is 0 Å². The van der Waals surface area contributed by atoms with Gasteiger partial charge in [-0.2, -0.15) is 0 Å². The van der Waals surface area contributed by atoms with Gasteiger partial charge in [0.1, 0.15) is 17.5 Å². The van der Waals surface area contributed by atoms with Gasteiger partial charge in [0.05, 0.1) is 0 Å². The van der Waals surface area contributed by atoms with Crippen molar-refractivity contribution in [2.24, 2.45) is 0 Å². The molecule has 0 atom stereocenters. The SMILES string of the molecule is CCCNc1cc(NC2(C)CCCC2)nc(C(C)C)n1. The van der Waals surface area contributed by atoms with E-state index in [1.54, 1.807) is 0 Å². The fourth-order valence-corrected chi connectivity index (χ4v) is 2.72. The van der Waals surface area contributed by atoms with E-state index >= 15 is 0 Å². The molecule has 0 spiro atoms. The molecule has 4 heteroatoms. The van der Waals surface area contributed by atoms with Crippen molar-refractivity contribution in [2.75, 3.05) is 17.2 Å². The molecule has 0 aromatic carbocycles. The standard InChI is InChI=1S/C16H28N4/c1-5-10-17-13-11-14(19-15(18-13)12(2)3)20-16(4)8-6-7-9-16/h11-12H,5-10H2,1-4H3,(H2,17,18,19,20). The summed E-state index contributed by atoms with van der Waals surface area (Å²) in [4.78, 5) is 9.29. The molecule has 4 nitrogen and oxygen atoms in total. The molecule has 1 aliphatic carbocycles. The molecule has 0 aliphatic heterocycles. The van der Waals surface area contributed by atoms with Crippen LogP contribution in [0.25, 0.3) is 0 Å². The van der Waals surface area contributed by atoms with Crippen LogP contribution in [0.5, 0.6) is 0 Å². The minimum atomic E-state index is 0.199. The van der Waals surface area contributed by atoms with Crippen LogP contribution in [0.15, 0.2) is 6.07 Å². The average molecular weight is 276 g/mol. The second-order valence-corrected chi connectivity index (χ2v) is 6.47. The number of anilines is 2. The van der Waals surface area contributed by atoms with Crippen LogP contribution in [0.2, 0.25) is 0 Å². The summed E-state index contributed by atoms with van der Waals surface area (Å²) in [5.74, 6) is 3.16. The molecule has 1 aromatic rings. The first kappa shape index (κ1) is 15.1. The quantitative estimate of drug-likeness (QED) is 0.819. The van der Waals surface area contributed by atoms with Crippen LogP contribution < -0.4 is 10.6 Å². The maximum absolute atomic E-state index is 4.69. The molecule has 0 saturated heterocycles. The Hall–Kier alpha value is -1.32. The lowest BCUT2D eigenvalue weighted by Gasteiger charge is -2.26. The molecule has 0 bridgehead atoms. The molecule has 20 heavy (non-hydrogen) atoms. The number of rotatable bonds is 6. The van der Waals surface area contributed by atoms with Crippen molar-refractivity contribution in [2.45, 2.75) is 71.3 Å². The van der Waals surface area contributed by atoms with Gasteiger partial charge in [-0.15, -0.1) is 0 Å². The maximum atomic E-state index is 4.69. The number of hydrogen-bond donors (Lipinski definition) is 2. The summed E-state index contributed by atoms with van der Waals surface area (Å²) < 4.78 is 0. The first-order valence-corrected chi connectivity index (χ1v) is 7.93. The Labute approximate surface area is 122 Å². The molecule has 112 valence electrons. The molecule has 1 saturated carbocycles. The van der Waals surface area contributed by atoms with E-state index in [0.29, 0.717) is 5.92 Å². The third-order valence-corrected chi connectivity index (χ3v) is 3.95. The molecule has 1 fully saturated rings. The molecule has 0 unspecified atom stereocenters. The lowest BCUT2D eigenvalue weighted by molar-refractivity contribution is 0.530. The molecule has 1 aromatic heterocycles. The van der Waals surface area contributed by atoms with Crippen molar-refractivity contribution >= 4 is 11.6 Å². The average Bonchev–Trinajstić information content (AvgIpc) is 2.82. The summed E-state index contributed by atoms with van der Waals surface area (Å²) in [7, 11) is 0. The van der Waals surface area contributed by atoms with Crippen LogP contribution in [0.3, 0.4) is 0 Å². The van der Waals surface area contributed by atoms with Crippen LogP contribution in [0, 0.1) is 0 Å². The Kier molecular flexibility index (Phi) is 4.84. The van der Waals surface area contributed by atoms with Gasteiger partial charge in [-0.25, -0.2) is 9.97 Å². The normalized spacial score (nSPS) is 17.4. The van der Waals surface area contributed by atoms with Gasteiger partial charge < -0.3 is 10.6 Å². The number of hydrogen-bond acceptors (Lipinski definition) is 4. The fourth-order valence-electron chi connectivity index (χ4n) is 2.72. The molecule has 0 radical (unpaired) electrons. The zero-order valence-electron chi connectivity index (χ0n) is 13.3. The topological polar surface area (TPSA) is 49.8 Å². The molecule has 0 amide bonds. The fraction of sp³-hybridized carbons (Fsp3) is 0.750. The smallest absolute Gasteiger partial charge is 0.135 e. The minimum Gasteiger partial charge on any atom is -0.370 e. The third-order valence-electron chi connectivity index (χ3n) is 3.95. The summed E-state index contributed by atoms with van der Waals surface area (Å²) in [5.41, 5.74) is 0.199. The Bertz CT molecular complexity index is 436. The first-order chi connectivity index (χ1) is 9.52. The summed E-state index contributed by atoms with van der Waals surface area (Å²) in [6, 6.07) is 2.05. The van der Waals surface area contributed by atoms with Crippen molar-refractivity contribution in [3.05, 3.63) is 11.9 Å². The van der Waals surface area contributed by atoms with Crippen LogP contribution in [-0.2, 0) is 0 Å². The van der Waals surface area contributed by atoms with Crippen molar-refractivity contribution in [3.8, 4) is 0 Å². The highest BCUT2D eigenvalue weighted by atomic mass is 15.1. The van der Waals surface area contributed by atoms with Crippen molar-refractivity contribution in [3.63, 3.8) is 0 Å². The van der Waals surface area contributed by atoms with Gasteiger partial charge in [-0.1, -0.05) is 33.6 Å². The minimum absolute atomic E-state index is 0.199. The van der Waals surface area contributed by atoms with Gasteiger partial charge in [0, 0.05) is 24.1 Å². The van der Waals surface area contributed by atoms with E-state index in [1.165, 1.54) is 25.7 Å². The summed E-state index contributed by atoms with van der Waals surface area (Å²) in [6.07, 6.45) is 6.18. The summed E-state index contributed by atoms with van der Waals surface area (Å²) in [6.45, 7) is 9.69. The zero-order chi connectivity index (χ0) is 14.6. The molecule has 1 aliphatic rings. The zero-order valence-corrected chi connectivity index (χ0v) is 13.3. The molecular weight excluding hydrogens is 248 g/mol. The number of aromatic nitrogens is 2. The largest absolute Gasteiger partial charge is 0.370 e. The van der Waals surface area contributed by atoms with E-state index in [0.717, 1.165) is 30.4 Å². The number of nitrogens with zero attached hydrogens (tertiary/aromatic N) is 2. The lowest BCUT2D eigenvalue weighted by Crippen LogP contribution is -2.31. The van der Waals surface area contributed by atoms with E-state index in [1.807, 2.05) is 6.07 Å². The Morgan fingerprint density at radius 1 is 1.20 bits per heavy atom. The van der Waals surface area contributed by atoms with Gasteiger partial charge in [-0.3, -0.25) is 0 Å². The Balaban J connectivity index is 2.19. The van der Waals surface area contributed by atoms with Crippen molar-refractivity contribution < 1.29 is 0 Å². The maximum Gasteiger partial charge on any atom is 0.135 e. The van der Waals surface area contributed by atoms with Gasteiger partial charge in [-0.05, 0) is 26.2 Å². The lowest BCUT2D eigenvalue weighted by atomic mass is 10.0. The highest BCUT2D eigenvalue weighted by molar-refractivity contribution is 5.49. The van der Waals surface area contributed by atoms with Crippen molar-refractivity contribution in [1.29, 1.82) is 0 Å². The predicted molar refractivity (Wildman–Crippen MR) is 85.4 cm³/mol. The molecule has 1 heterocycles. The summed E-state index contributed by atoms with van der Waals surface area (Å²) in [5, 5.41) is 7.01. The highest BCUT2D eigenvalue weighted by Crippen LogP contribution is 2.32. The molecule has 2 N–H and O–H groups in total. The Morgan fingerprint density at radius 3 is 2.45 bits per heavy atom. The molecule has 2 rings (SSSR count). The Morgan fingerprint density at radius 2 is 1.85 bits per heavy atom. The summed E-state index contributed by atoms with van der Waals surface area (Å²) >= 11 is 0. The second-order valence-electron chi connectivity index (χ2n) is 6.47. The van der Waals surface area contributed by atoms with E-state index in [-0.39, 0.29) is 5.54 Å². The highest BCUT2D eigenvalue weighted by Gasteiger charge is 2.28. The number of nitrogens with one attached hydrogen (secondary N) is 2. The van der Waals surface area contributed by atoms with E-state index in [9.17, 15) is 0 Å². The van der Waals surface area contributed by atoms with Gasteiger partial charge >= 0.3 is 0 Å². The van der Waals surface area contributed by atoms with Gasteiger partial charge in [0.25, 0.3) is 0 Å². The first-order valence-electron chi connectivity index (χ1n) is 7.93. The van der Waals surface area contributed by atoms with E-state index in [2.05, 4.69) is 48.3 Å². The van der Waals surface area contributed by atoms with Crippen LogP contribution >= 0.6 is 0 Å². The van der Waals surface area contributed by atoms with Crippen LogP contribution in [0.1, 0.15) is 71.5 Å². The van der Waals surface area contributed by atoms with Crippen molar-refractivity contribution in [1.82, 2.24) is 9.97 Å². The van der Waals surface area contributed by atoms with Crippen LogP contribution in [0.4, 0.5) is 11.6 Å². The monoisotopic (exact) mass is 276 g/mol. The van der Waals surface area contributed by atoms with Crippen LogP contribution in [-0.4, -0.2) is 22.1 Å². The van der Waals surface area contributed by atoms with E-state index in [4.69, 9.17) is 0 Å². The second kappa shape index (κ2) is 6.42. The third kappa shape index (κ3) is 3.84.